The number of carbonyl (C=O) groups is 2. The van der Waals surface area contributed by atoms with Gasteiger partial charge in [0, 0.05) is 55.7 Å². The molecular formula is C30H27F2N7O5S. The fourth-order valence-electron chi connectivity index (χ4n) is 4.96. The number of anilines is 3. The van der Waals surface area contributed by atoms with E-state index in [4.69, 9.17) is 4.74 Å². The first-order chi connectivity index (χ1) is 21.6. The lowest BCUT2D eigenvalue weighted by Crippen LogP contribution is -2.44. The number of aromatic nitrogens is 3. The van der Waals surface area contributed by atoms with E-state index < -0.39 is 38.4 Å². The molecule has 3 aromatic carbocycles. The van der Waals surface area contributed by atoms with E-state index in [0.29, 0.717) is 11.6 Å². The van der Waals surface area contributed by atoms with E-state index in [1.54, 1.807) is 30.5 Å². The van der Waals surface area contributed by atoms with Crippen molar-refractivity contribution in [2.75, 3.05) is 48.8 Å². The van der Waals surface area contributed by atoms with Gasteiger partial charge in [0.1, 0.15) is 17.4 Å². The number of nitrogens with zero attached hydrogens (tertiary/aromatic N) is 3. The number of piperazine rings is 1. The zero-order valence-electron chi connectivity index (χ0n) is 23.8. The van der Waals surface area contributed by atoms with Crippen LogP contribution in [0.25, 0.3) is 10.9 Å². The molecule has 0 aliphatic carbocycles. The van der Waals surface area contributed by atoms with Crippen LogP contribution < -0.4 is 20.3 Å². The van der Waals surface area contributed by atoms with Gasteiger partial charge in [-0.05, 0) is 61.6 Å². The molecule has 45 heavy (non-hydrogen) atoms. The summed E-state index contributed by atoms with van der Waals surface area (Å²) in [6, 6.07) is 12.6. The normalized spacial score (nSPS) is 14.0. The summed E-state index contributed by atoms with van der Waals surface area (Å²) in [7, 11) is -2.28. The van der Waals surface area contributed by atoms with E-state index in [1.165, 1.54) is 24.4 Å². The molecule has 0 radical (unpaired) electrons. The van der Waals surface area contributed by atoms with Gasteiger partial charge in [0.15, 0.2) is 5.82 Å². The van der Waals surface area contributed by atoms with Crippen LogP contribution in [0, 0.1) is 11.6 Å². The van der Waals surface area contributed by atoms with Crippen molar-refractivity contribution >= 4 is 49.9 Å². The maximum atomic E-state index is 13.8. The number of rotatable bonds is 7. The molecule has 0 unspecified atom stereocenters. The number of benzene rings is 3. The Bertz CT molecular complexity index is 1990. The molecule has 12 nitrogen and oxygen atoms in total. The van der Waals surface area contributed by atoms with Crippen LogP contribution in [-0.2, 0) is 9.84 Å². The smallest absolute Gasteiger partial charge is 0.408 e. The molecule has 0 saturated carbocycles. The van der Waals surface area contributed by atoms with Crippen molar-refractivity contribution in [2.24, 2.45) is 0 Å². The van der Waals surface area contributed by atoms with Crippen LogP contribution in [0.3, 0.4) is 0 Å². The number of H-pyrrole nitrogens is 2. The van der Waals surface area contributed by atoms with Crippen molar-refractivity contribution in [1.29, 1.82) is 0 Å². The zero-order valence-corrected chi connectivity index (χ0v) is 24.6. The maximum absolute atomic E-state index is 13.8. The van der Waals surface area contributed by atoms with Crippen molar-refractivity contribution in [2.45, 2.75) is 9.79 Å². The number of amides is 2. The lowest BCUT2D eigenvalue weighted by Gasteiger charge is -2.34. The summed E-state index contributed by atoms with van der Waals surface area (Å²) in [5.41, 5.74) is 1.47. The standard InChI is InChI=1S/C30H27F2N7O5S/c1-38-8-10-39(11-9-38)20-2-4-24(27(15-20)34-30(41)44-21-6-7-33-17-21)29(40)35-28-25-16-22(3-5-26(25)36-37-28)45(42,43)23-13-18(31)12-19(32)14-23/h2-7,12-17,33H,8-11H2,1H3,(H,34,41)(H2,35,36,37,40). The number of hydrogen-bond donors (Lipinski definition) is 4. The Morgan fingerprint density at radius 1 is 0.911 bits per heavy atom. The van der Waals surface area contributed by atoms with Crippen LogP contribution in [0.4, 0.5) is 30.8 Å². The van der Waals surface area contributed by atoms with Crippen molar-refractivity contribution in [1.82, 2.24) is 20.1 Å². The first-order valence-corrected chi connectivity index (χ1v) is 15.2. The molecule has 0 atom stereocenters. The quantitative estimate of drug-likeness (QED) is 0.202. The fourth-order valence-corrected chi connectivity index (χ4v) is 6.29. The molecule has 3 heterocycles. The average Bonchev–Trinajstić information content (AvgIpc) is 3.66. The molecular weight excluding hydrogens is 608 g/mol. The van der Waals surface area contributed by atoms with Gasteiger partial charge in [-0.15, -0.1) is 0 Å². The number of ether oxygens (including phenoxy) is 1. The second kappa shape index (κ2) is 12.0. The van der Waals surface area contributed by atoms with Crippen LogP contribution in [0.5, 0.6) is 5.75 Å². The second-order valence-electron chi connectivity index (χ2n) is 10.4. The third-order valence-corrected chi connectivity index (χ3v) is 9.09. The van der Waals surface area contributed by atoms with Crippen LogP contribution in [0.1, 0.15) is 10.4 Å². The highest BCUT2D eigenvalue weighted by atomic mass is 32.2. The predicted molar refractivity (Wildman–Crippen MR) is 162 cm³/mol. The molecule has 4 N–H and O–H groups in total. The van der Waals surface area contributed by atoms with E-state index in [9.17, 15) is 26.8 Å². The van der Waals surface area contributed by atoms with Gasteiger partial charge in [0.25, 0.3) is 5.91 Å². The minimum atomic E-state index is -4.32. The highest BCUT2D eigenvalue weighted by molar-refractivity contribution is 7.91. The SMILES string of the molecule is CN1CCN(c2ccc(C(=O)Nc3n[nH]c4ccc(S(=O)(=O)c5cc(F)cc(F)c5)cc34)c(NC(=O)Oc3cc[nH]c3)c2)CC1. The van der Waals surface area contributed by atoms with Gasteiger partial charge in [-0.1, -0.05) is 0 Å². The Morgan fingerprint density at radius 3 is 2.38 bits per heavy atom. The number of nitrogens with one attached hydrogen (secondary N) is 4. The summed E-state index contributed by atoms with van der Waals surface area (Å²) in [5.74, 6) is -2.44. The molecule has 1 fully saturated rings. The second-order valence-corrected chi connectivity index (χ2v) is 12.4. The summed E-state index contributed by atoms with van der Waals surface area (Å²) in [6.07, 6.45) is 2.28. The third-order valence-electron chi connectivity index (χ3n) is 7.36. The minimum Gasteiger partial charge on any atom is -0.408 e. The summed E-state index contributed by atoms with van der Waals surface area (Å²) in [6.45, 7) is 3.20. The van der Waals surface area contributed by atoms with Crippen molar-refractivity contribution in [3.8, 4) is 5.75 Å². The van der Waals surface area contributed by atoms with Crippen molar-refractivity contribution < 1.29 is 31.5 Å². The van der Waals surface area contributed by atoms with Gasteiger partial charge in [-0.3, -0.25) is 15.2 Å². The number of likely N-dealkylation sites (N-methyl/N-ethyl adjacent to an activating group) is 1. The summed E-state index contributed by atoms with van der Waals surface area (Å²) in [5, 5.41) is 12.4. The lowest BCUT2D eigenvalue weighted by atomic mass is 10.1. The number of hydrogen-bond acceptors (Lipinski definition) is 8. The molecule has 2 aromatic heterocycles. The molecule has 0 bridgehead atoms. The Hall–Kier alpha value is -5.28. The molecule has 5 aromatic rings. The monoisotopic (exact) mass is 635 g/mol. The molecule has 6 rings (SSSR count). The highest BCUT2D eigenvalue weighted by Gasteiger charge is 2.24. The molecule has 1 aliphatic heterocycles. The van der Waals surface area contributed by atoms with Gasteiger partial charge in [0.2, 0.25) is 9.84 Å². The van der Waals surface area contributed by atoms with Gasteiger partial charge < -0.3 is 24.8 Å². The molecule has 2 amide bonds. The van der Waals surface area contributed by atoms with Gasteiger partial charge in [-0.25, -0.2) is 22.0 Å². The number of aromatic amines is 2. The number of sulfone groups is 1. The Balaban J connectivity index is 1.30. The Morgan fingerprint density at radius 2 is 1.67 bits per heavy atom. The Labute approximate surface area is 255 Å². The average molecular weight is 636 g/mol. The van der Waals surface area contributed by atoms with Gasteiger partial charge in [-0.2, -0.15) is 5.10 Å². The largest absolute Gasteiger partial charge is 0.417 e. The van der Waals surface area contributed by atoms with Gasteiger partial charge in [0.05, 0.1) is 26.6 Å². The molecule has 1 aliphatic rings. The number of carbonyl (C=O) groups excluding carboxylic acids is 2. The first-order valence-electron chi connectivity index (χ1n) is 13.8. The highest BCUT2D eigenvalue weighted by Crippen LogP contribution is 2.30. The maximum Gasteiger partial charge on any atom is 0.417 e. The molecule has 15 heteroatoms. The van der Waals surface area contributed by atoms with E-state index in [0.717, 1.165) is 44.0 Å². The number of fused-ring (bicyclic) bond motifs is 1. The topological polar surface area (TPSA) is 153 Å². The van der Waals surface area contributed by atoms with Crippen LogP contribution in [0.15, 0.2) is 82.8 Å². The van der Waals surface area contributed by atoms with E-state index in [2.05, 4.69) is 35.6 Å². The third kappa shape index (κ3) is 6.34. The Kier molecular flexibility index (Phi) is 7.95. The van der Waals surface area contributed by atoms with Crippen molar-refractivity contribution in [3.05, 3.63) is 90.3 Å². The fraction of sp³-hybridized carbons (Fsp3) is 0.167. The van der Waals surface area contributed by atoms with Gasteiger partial charge >= 0.3 is 6.09 Å². The molecule has 0 spiro atoms. The van der Waals surface area contributed by atoms with Crippen LogP contribution in [0.2, 0.25) is 0 Å². The van der Waals surface area contributed by atoms with E-state index in [1.807, 2.05) is 7.05 Å². The van der Waals surface area contributed by atoms with E-state index >= 15 is 0 Å². The zero-order chi connectivity index (χ0) is 31.7. The summed E-state index contributed by atoms with van der Waals surface area (Å²) in [4.78, 5) is 32.7. The van der Waals surface area contributed by atoms with Crippen LogP contribution in [-0.4, -0.2) is 73.7 Å². The first kappa shape index (κ1) is 29.8. The predicted octanol–water partition coefficient (Wildman–Crippen LogP) is 4.62. The molecule has 1 saturated heterocycles. The van der Waals surface area contributed by atoms with Crippen LogP contribution >= 0.6 is 0 Å². The minimum absolute atomic E-state index is 0.00136. The summed E-state index contributed by atoms with van der Waals surface area (Å²) < 4.78 is 59.3. The van der Waals surface area contributed by atoms with E-state index in [-0.39, 0.29) is 33.1 Å². The summed E-state index contributed by atoms with van der Waals surface area (Å²) >= 11 is 0. The lowest BCUT2D eigenvalue weighted by molar-refractivity contribution is 0.102. The van der Waals surface area contributed by atoms with Crippen molar-refractivity contribution in [3.63, 3.8) is 0 Å². The number of halogens is 2. The molecule has 232 valence electrons.